The van der Waals surface area contributed by atoms with Gasteiger partial charge in [-0.1, -0.05) is 12.1 Å². The number of aliphatic hydroxyl groups is 1. The Kier molecular flexibility index (Phi) is 5.56. The van der Waals surface area contributed by atoms with Gasteiger partial charge in [0.25, 0.3) is 0 Å². The van der Waals surface area contributed by atoms with Crippen LogP contribution in [-0.4, -0.2) is 24.8 Å². The summed E-state index contributed by atoms with van der Waals surface area (Å²) >= 11 is 0. The normalized spacial score (nSPS) is 11.2. The van der Waals surface area contributed by atoms with E-state index < -0.39 is 12.1 Å². The first-order chi connectivity index (χ1) is 11.1. The molecule has 0 fully saturated rings. The molecule has 0 aliphatic heterocycles. The quantitative estimate of drug-likeness (QED) is 0.790. The second kappa shape index (κ2) is 7.82. The van der Waals surface area contributed by atoms with Crippen molar-refractivity contribution < 1.29 is 14.6 Å². The van der Waals surface area contributed by atoms with E-state index in [4.69, 9.17) is 10.00 Å². The summed E-state index contributed by atoms with van der Waals surface area (Å²) in [5, 5.41) is 24.0. The molecule has 23 heavy (non-hydrogen) atoms. The molecular weight excluding hydrogens is 294 g/mol. The Hall–Kier alpha value is -3.04. The minimum absolute atomic E-state index is 0.0778. The molecule has 2 rings (SSSR count). The summed E-state index contributed by atoms with van der Waals surface area (Å²) in [6.45, 7) is 0.0778. The van der Waals surface area contributed by atoms with Crippen molar-refractivity contribution in [3.8, 4) is 11.8 Å². The molecule has 0 radical (unpaired) electrons. The van der Waals surface area contributed by atoms with E-state index in [1.807, 2.05) is 6.07 Å². The number of hydrogen-bond donors (Lipinski definition) is 3. The minimum atomic E-state index is -0.812. The van der Waals surface area contributed by atoms with Gasteiger partial charge in [-0.15, -0.1) is 0 Å². The molecular formula is C17H17N3O3. The number of carbonyl (C=O) groups excluding carboxylic acids is 1. The van der Waals surface area contributed by atoms with E-state index in [2.05, 4.69) is 10.6 Å². The van der Waals surface area contributed by atoms with Gasteiger partial charge in [0, 0.05) is 12.2 Å². The Morgan fingerprint density at radius 1 is 1.22 bits per heavy atom. The van der Waals surface area contributed by atoms with Crippen LogP contribution in [0, 0.1) is 11.3 Å². The van der Waals surface area contributed by atoms with Gasteiger partial charge in [-0.2, -0.15) is 5.26 Å². The van der Waals surface area contributed by atoms with Crippen LogP contribution in [0.2, 0.25) is 0 Å². The van der Waals surface area contributed by atoms with Gasteiger partial charge in [0.15, 0.2) is 0 Å². The predicted molar refractivity (Wildman–Crippen MR) is 86.1 cm³/mol. The summed E-state index contributed by atoms with van der Waals surface area (Å²) in [6.07, 6.45) is -0.812. The zero-order valence-electron chi connectivity index (χ0n) is 12.6. The highest BCUT2D eigenvalue weighted by Crippen LogP contribution is 2.17. The number of anilines is 1. The van der Waals surface area contributed by atoms with E-state index >= 15 is 0 Å². The molecule has 0 heterocycles. The van der Waals surface area contributed by atoms with Crippen LogP contribution in [0.5, 0.6) is 5.75 Å². The predicted octanol–water partition coefficient (Wildman–Crippen LogP) is 2.42. The van der Waals surface area contributed by atoms with Gasteiger partial charge < -0.3 is 20.5 Å². The molecule has 0 spiro atoms. The number of amides is 2. The topological polar surface area (TPSA) is 94.4 Å². The van der Waals surface area contributed by atoms with Crippen molar-refractivity contribution in [1.82, 2.24) is 5.32 Å². The number of nitrogens with zero attached hydrogens (tertiary/aromatic N) is 1. The summed E-state index contributed by atoms with van der Waals surface area (Å²) in [4.78, 5) is 11.8. The zero-order valence-corrected chi connectivity index (χ0v) is 12.6. The lowest BCUT2D eigenvalue weighted by molar-refractivity contribution is 0.175. The van der Waals surface area contributed by atoms with Crippen LogP contribution in [0.3, 0.4) is 0 Å². The maximum absolute atomic E-state index is 11.8. The SMILES string of the molecule is COc1ccc([C@@H](O)CNC(=O)Nc2ccc(C#N)cc2)cc1. The molecule has 2 aromatic carbocycles. The first-order valence-corrected chi connectivity index (χ1v) is 6.99. The first kappa shape index (κ1) is 16.3. The molecule has 0 aliphatic carbocycles. The fourth-order valence-electron chi connectivity index (χ4n) is 1.94. The lowest BCUT2D eigenvalue weighted by Crippen LogP contribution is -2.32. The Balaban J connectivity index is 1.84. The number of methoxy groups -OCH3 is 1. The molecule has 0 unspecified atom stereocenters. The fraction of sp³-hybridized carbons (Fsp3) is 0.176. The molecule has 0 saturated heterocycles. The number of hydrogen-bond acceptors (Lipinski definition) is 4. The maximum atomic E-state index is 11.8. The van der Waals surface area contributed by atoms with Gasteiger partial charge in [0.05, 0.1) is 24.8 Å². The third kappa shape index (κ3) is 4.73. The molecule has 0 saturated carbocycles. The highest BCUT2D eigenvalue weighted by atomic mass is 16.5. The smallest absolute Gasteiger partial charge is 0.319 e. The number of benzene rings is 2. The molecule has 0 aromatic heterocycles. The average Bonchev–Trinajstić information content (AvgIpc) is 2.60. The third-order valence-corrected chi connectivity index (χ3v) is 3.23. The minimum Gasteiger partial charge on any atom is -0.497 e. The largest absolute Gasteiger partial charge is 0.497 e. The van der Waals surface area contributed by atoms with Crippen LogP contribution in [0.25, 0.3) is 0 Å². The lowest BCUT2D eigenvalue weighted by Gasteiger charge is -2.13. The summed E-state index contributed by atoms with van der Waals surface area (Å²) in [6, 6.07) is 15.0. The van der Waals surface area contributed by atoms with E-state index in [1.54, 1.807) is 55.6 Å². The van der Waals surface area contributed by atoms with E-state index in [0.717, 1.165) is 0 Å². The molecule has 1 atom stereocenters. The summed E-state index contributed by atoms with van der Waals surface area (Å²) < 4.78 is 5.05. The van der Waals surface area contributed by atoms with E-state index in [0.29, 0.717) is 22.6 Å². The zero-order chi connectivity index (χ0) is 16.7. The first-order valence-electron chi connectivity index (χ1n) is 6.99. The highest BCUT2D eigenvalue weighted by Gasteiger charge is 2.09. The molecule has 2 amide bonds. The summed E-state index contributed by atoms with van der Waals surface area (Å²) in [5.74, 6) is 0.701. The highest BCUT2D eigenvalue weighted by molar-refractivity contribution is 5.89. The molecule has 2 aromatic rings. The van der Waals surface area contributed by atoms with Gasteiger partial charge in [-0.25, -0.2) is 4.79 Å². The molecule has 6 nitrogen and oxygen atoms in total. The number of nitrogens with one attached hydrogen (secondary N) is 2. The number of urea groups is 1. The van der Waals surface area contributed by atoms with Crippen molar-refractivity contribution in [1.29, 1.82) is 5.26 Å². The molecule has 0 bridgehead atoms. The van der Waals surface area contributed by atoms with Gasteiger partial charge in [-0.05, 0) is 42.0 Å². The number of carbonyl (C=O) groups is 1. The fourth-order valence-corrected chi connectivity index (χ4v) is 1.94. The van der Waals surface area contributed by atoms with E-state index in [-0.39, 0.29) is 6.54 Å². The number of nitriles is 1. The lowest BCUT2D eigenvalue weighted by atomic mass is 10.1. The van der Waals surface area contributed by atoms with Crippen LogP contribution in [0.4, 0.5) is 10.5 Å². The summed E-state index contributed by atoms with van der Waals surface area (Å²) in [7, 11) is 1.57. The molecule has 6 heteroatoms. The van der Waals surface area contributed by atoms with Crippen LogP contribution in [0.1, 0.15) is 17.2 Å². The van der Waals surface area contributed by atoms with Gasteiger partial charge in [-0.3, -0.25) is 0 Å². The van der Waals surface area contributed by atoms with Crippen molar-refractivity contribution in [2.24, 2.45) is 0 Å². The van der Waals surface area contributed by atoms with Crippen LogP contribution in [0.15, 0.2) is 48.5 Å². The molecule has 0 aliphatic rings. The third-order valence-electron chi connectivity index (χ3n) is 3.23. The Morgan fingerprint density at radius 2 is 1.87 bits per heavy atom. The van der Waals surface area contributed by atoms with E-state index in [9.17, 15) is 9.90 Å². The average molecular weight is 311 g/mol. The second-order valence-corrected chi connectivity index (χ2v) is 4.81. The Morgan fingerprint density at radius 3 is 2.43 bits per heavy atom. The maximum Gasteiger partial charge on any atom is 0.319 e. The second-order valence-electron chi connectivity index (χ2n) is 4.81. The van der Waals surface area contributed by atoms with Crippen molar-refractivity contribution in [2.75, 3.05) is 19.0 Å². The van der Waals surface area contributed by atoms with Gasteiger partial charge >= 0.3 is 6.03 Å². The Bertz CT molecular complexity index is 691. The van der Waals surface area contributed by atoms with Crippen molar-refractivity contribution in [3.63, 3.8) is 0 Å². The van der Waals surface area contributed by atoms with Crippen LogP contribution >= 0.6 is 0 Å². The molecule has 118 valence electrons. The van der Waals surface area contributed by atoms with Gasteiger partial charge in [0.1, 0.15) is 5.75 Å². The van der Waals surface area contributed by atoms with Crippen LogP contribution in [-0.2, 0) is 0 Å². The molecule has 3 N–H and O–H groups in total. The van der Waals surface area contributed by atoms with E-state index in [1.165, 1.54) is 0 Å². The monoisotopic (exact) mass is 311 g/mol. The van der Waals surface area contributed by atoms with Crippen molar-refractivity contribution in [3.05, 3.63) is 59.7 Å². The van der Waals surface area contributed by atoms with Crippen LogP contribution < -0.4 is 15.4 Å². The van der Waals surface area contributed by atoms with Crippen molar-refractivity contribution in [2.45, 2.75) is 6.10 Å². The van der Waals surface area contributed by atoms with Crippen molar-refractivity contribution >= 4 is 11.7 Å². The number of rotatable bonds is 5. The summed E-state index contributed by atoms with van der Waals surface area (Å²) in [5.41, 5.74) is 1.77. The van der Waals surface area contributed by atoms with Gasteiger partial charge in [0.2, 0.25) is 0 Å². The standard InChI is InChI=1S/C17H17N3O3/c1-23-15-8-4-13(5-9-15)16(21)11-19-17(22)20-14-6-2-12(10-18)3-7-14/h2-9,16,21H,11H2,1H3,(H2,19,20,22)/t16-/m0/s1. The number of aliphatic hydroxyl groups excluding tert-OH is 1. The number of ether oxygens (including phenoxy) is 1. The Labute approximate surface area is 134 Å².